The molecule has 3 aromatic rings. The topological polar surface area (TPSA) is 187 Å². The molecule has 2 aromatic carbocycles. The molecule has 4 unspecified atom stereocenters. The maximum absolute atomic E-state index is 13.4. The first-order valence-corrected chi connectivity index (χ1v) is 12.7. The van der Waals surface area contributed by atoms with Crippen LogP contribution in [0.1, 0.15) is 25.0 Å². The highest BCUT2D eigenvalue weighted by Gasteiger charge is 2.32. The molecule has 1 aromatic heterocycles. The Morgan fingerprint density at radius 1 is 0.846 bits per heavy atom. The van der Waals surface area contributed by atoms with Crippen LogP contribution >= 0.6 is 0 Å². The molecule has 0 aliphatic rings. The Kier molecular flexibility index (Phi) is 10.2. The van der Waals surface area contributed by atoms with Crippen LogP contribution in [0.3, 0.4) is 0 Å². The van der Waals surface area contributed by atoms with E-state index in [-0.39, 0.29) is 18.8 Å². The molecule has 4 atom stereocenters. The predicted octanol–water partition coefficient (Wildman–Crippen LogP) is 0.468. The molecule has 208 valence electrons. The van der Waals surface area contributed by atoms with Gasteiger partial charge in [0.15, 0.2) is 0 Å². The lowest BCUT2D eigenvalue weighted by molar-refractivity contribution is -0.143. The van der Waals surface area contributed by atoms with Crippen molar-refractivity contribution >= 4 is 34.6 Å². The summed E-state index contributed by atoms with van der Waals surface area (Å²) in [6, 6.07) is 12.0. The second-order valence-electron chi connectivity index (χ2n) is 9.73. The molecule has 11 nitrogen and oxygen atoms in total. The number of carboxylic acid groups (broad SMARTS) is 1. The molecule has 0 radical (unpaired) electrons. The quantitative estimate of drug-likeness (QED) is 0.165. The molecule has 3 rings (SSSR count). The lowest BCUT2D eigenvalue weighted by atomic mass is 9.99. The van der Waals surface area contributed by atoms with Crippen LogP contribution in [0.2, 0.25) is 0 Å². The minimum absolute atomic E-state index is 0.0334. The minimum atomic E-state index is -1.54. The number of rotatable bonds is 13. The summed E-state index contributed by atoms with van der Waals surface area (Å²) in [7, 11) is 0. The Hall–Kier alpha value is -4.22. The van der Waals surface area contributed by atoms with Gasteiger partial charge in [0.1, 0.15) is 18.1 Å². The van der Waals surface area contributed by atoms with Gasteiger partial charge in [-0.05, 0) is 29.5 Å². The Labute approximate surface area is 226 Å². The lowest BCUT2D eigenvalue weighted by Crippen LogP contribution is -2.59. The predicted molar refractivity (Wildman–Crippen MR) is 145 cm³/mol. The van der Waals surface area contributed by atoms with Gasteiger partial charge < -0.3 is 36.9 Å². The van der Waals surface area contributed by atoms with Gasteiger partial charge in [-0.1, -0.05) is 62.4 Å². The van der Waals surface area contributed by atoms with Crippen LogP contribution in [-0.4, -0.2) is 69.7 Å². The van der Waals surface area contributed by atoms with E-state index in [0.29, 0.717) is 0 Å². The van der Waals surface area contributed by atoms with E-state index in [1.54, 1.807) is 20.0 Å². The number of aromatic amines is 1. The van der Waals surface area contributed by atoms with Crippen LogP contribution in [0.15, 0.2) is 60.8 Å². The van der Waals surface area contributed by atoms with Crippen LogP contribution in [0.5, 0.6) is 0 Å². The summed E-state index contributed by atoms with van der Waals surface area (Å²) in [5.74, 6) is -3.69. The molecular formula is C28H35N5O6. The number of H-pyrrole nitrogens is 1. The van der Waals surface area contributed by atoms with E-state index in [0.717, 1.165) is 22.0 Å². The molecule has 1 heterocycles. The minimum Gasteiger partial charge on any atom is -0.480 e. The number of para-hydroxylation sites is 1. The summed E-state index contributed by atoms with van der Waals surface area (Å²) in [6.45, 7) is 2.67. The zero-order valence-electron chi connectivity index (χ0n) is 21.9. The van der Waals surface area contributed by atoms with Gasteiger partial charge in [-0.25, -0.2) is 4.79 Å². The van der Waals surface area contributed by atoms with Crippen LogP contribution in [0, 0.1) is 5.92 Å². The van der Waals surface area contributed by atoms with Gasteiger partial charge in [0, 0.05) is 23.5 Å². The first-order chi connectivity index (χ1) is 18.6. The second-order valence-corrected chi connectivity index (χ2v) is 9.73. The van der Waals surface area contributed by atoms with Gasteiger partial charge >= 0.3 is 5.97 Å². The largest absolute Gasteiger partial charge is 0.480 e. The van der Waals surface area contributed by atoms with Crippen molar-refractivity contribution in [2.45, 2.75) is 50.9 Å². The Morgan fingerprint density at radius 3 is 2.13 bits per heavy atom. The average molecular weight is 538 g/mol. The fourth-order valence-corrected chi connectivity index (χ4v) is 4.20. The van der Waals surface area contributed by atoms with Gasteiger partial charge in [0.2, 0.25) is 17.7 Å². The van der Waals surface area contributed by atoms with E-state index < -0.39 is 54.5 Å². The van der Waals surface area contributed by atoms with Crippen molar-refractivity contribution < 1.29 is 29.4 Å². The number of benzene rings is 2. The van der Waals surface area contributed by atoms with Gasteiger partial charge in [-0.3, -0.25) is 14.4 Å². The van der Waals surface area contributed by atoms with Gasteiger partial charge in [-0.2, -0.15) is 0 Å². The number of aliphatic carboxylic acids is 1. The van der Waals surface area contributed by atoms with E-state index in [9.17, 15) is 29.4 Å². The molecule has 0 spiro atoms. The normalized spacial score (nSPS) is 14.3. The van der Waals surface area contributed by atoms with Crippen LogP contribution in [0.4, 0.5) is 0 Å². The van der Waals surface area contributed by atoms with Crippen LogP contribution in [0.25, 0.3) is 10.9 Å². The molecular weight excluding hydrogens is 502 g/mol. The van der Waals surface area contributed by atoms with Gasteiger partial charge in [-0.15, -0.1) is 0 Å². The van der Waals surface area contributed by atoms with Crippen molar-refractivity contribution in [1.82, 2.24) is 20.9 Å². The number of nitrogens with two attached hydrogens (primary N) is 1. The van der Waals surface area contributed by atoms with E-state index in [2.05, 4.69) is 20.9 Å². The summed E-state index contributed by atoms with van der Waals surface area (Å²) in [5.41, 5.74) is 8.52. The van der Waals surface area contributed by atoms with Gasteiger partial charge in [0.05, 0.1) is 12.6 Å². The number of carbonyl (C=O) groups excluding carboxylic acids is 3. The molecule has 11 heteroatoms. The Balaban J connectivity index is 1.78. The maximum atomic E-state index is 13.4. The number of hydrogen-bond acceptors (Lipinski definition) is 6. The summed E-state index contributed by atoms with van der Waals surface area (Å²) in [4.78, 5) is 53.9. The smallest absolute Gasteiger partial charge is 0.328 e. The number of carbonyl (C=O) groups is 4. The zero-order chi connectivity index (χ0) is 28.5. The third kappa shape index (κ3) is 7.88. The standard InChI is InChI=1S/C28H35N5O6/c1-16(2)24(33-25(35)20(29)12-17-8-4-3-5-9-17)27(37)31-22(26(36)32-23(15-34)28(38)39)13-18-14-30-21-11-7-6-10-19(18)21/h3-11,14,16,20,22-24,30,34H,12-13,15,29H2,1-2H3,(H,31,37)(H,32,36)(H,33,35)(H,38,39). The van der Waals surface area contributed by atoms with Crippen molar-refractivity contribution in [2.24, 2.45) is 11.7 Å². The number of carboxylic acids is 1. The highest BCUT2D eigenvalue weighted by Crippen LogP contribution is 2.19. The molecule has 0 aliphatic carbocycles. The molecule has 39 heavy (non-hydrogen) atoms. The van der Waals surface area contributed by atoms with Crippen molar-refractivity contribution in [2.75, 3.05) is 6.61 Å². The van der Waals surface area contributed by atoms with Crippen molar-refractivity contribution in [1.29, 1.82) is 0 Å². The summed E-state index contributed by atoms with van der Waals surface area (Å²) >= 11 is 0. The van der Waals surface area contributed by atoms with E-state index in [1.807, 2.05) is 54.6 Å². The van der Waals surface area contributed by atoms with Crippen molar-refractivity contribution in [3.05, 3.63) is 71.9 Å². The third-order valence-corrected chi connectivity index (χ3v) is 6.41. The fourth-order valence-electron chi connectivity index (χ4n) is 4.20. The average Bonchev–Trinajstić information content (AvgIpc) is 3.32. The van der Waals surface area contributed by atoms with Crippen LogP contribution < -0.4 is 21.7 Å². The molecule has 0 bridgehead atoms. The molecule has 0 saturated heterocycles. The van der Waals surface area contributed by atoms with E-state index in [1.165, 1.54) is 0 Å². The summed E-state index contributed by atoms with van der Waals surface area (Å²) < 4.78 is 0. The fraction of sp³-hybridized carbons (Fsp3) is 0.357. The number of hydrogen-bond donors (Lipinski definition) is 7. The molecule has 8 N–H and O–H groups in total. The summed E-state index contributed by atoms with van der Waals surface area (Å²) in [6.07, 6.45) is 2.02. The number of amides is 3. The SMILES string of the molecule is CC(C)C(NC(=O)C(N)Cc1ccccc1)C(=O)NC(Cc1c[nH]c2ccccc12)C(=O)NC(CO)C(=O)O. The van der Waals surface area contributed by atoms with E-state index >= 15 is 0 Å². The first-order valence-electron chi connectivity index (χ1n) is 12.7. The van der Waals surface area contributed by atoms with Crippen LogP contribution in [-0.2, 0) is 32.0 Å². The van der Waals surface area contributed by atoms with Crippen molar-refractivity contribution in [3.8, 4) is 0 Å². The first kappa shape index (κ1) is 29.3. The highest BCUT2D eigenvalue weighted by molar-refractivity contribution is 5.95. The third-order valence-electron chi connectivity index (χ3n) is 6.41. The molecule has 0 saturated carbocycles. The molecule has 0 fully saturated rings. The number of nitrogens with one attached hydrogen (secondary N) is 4. The monoisotopic (exact) mass is 537 g/mol. The molecule has 3 amide bonds. The number of aliphatic hydroxyl groups excluding tert-OH is 1. The second kappa shape index (κ2) is 13.5. The van der Waals surface area contributed by atoms with E-state index in [4.69, 9.17) is 5.73 Å². The highest BCUT2D eigenvalue weighted by atomic mass is 16.4. The molecule has 0 aliphatic heterocycles. The van der Waals surface area contributed by atoms with Crippen molar-refractivity contribution in [3.63, 3.8) is 0 Å². The number of fused-ring (bicyclic) bond motifs is 1. The Bertz CT molecular complexity index is 1290. The number of aromatic nitrogens is 1. The number of aliphatic hydroxyl groups is 1. The lowest BCUT2D eigenvalue weighted by Gasteiger charge is -2.27. The summed E-state index contributed by atoms with van der Waals surface area (Å²) in [5, 5.41) is 27.1. The van der Waals surface area contributed by atoms with Gasteiger partial charge in [0.25, 0.3) is 0 Å². The zero-order valence-corrected chi connectivity index (χ0v) is 21.9. The Morgan fingerprint density at radius 2 is 1.49 bits per heavy atom. The maximum Gasteiger partial charge on any atom is 0.328 e.